The Labute approximate surface area is 94.4 Å². The van der Waals surface area contributed by atoms with Crippen LogP contribution in [0, 0.1) is 5.92 Å². The number of carbonyl (C=O) groups excluding carboxylic acids is 1. The Morgan fingerprint density at radius 2 is 2.07 bits per heavy atom. The molecule has 0 bridgehead atoms. The van der Waals surface area contributed by atoms with Crippen molar-refractivity contribution < 1.29 is 9.90 Å². The predicted octanol–water partition coefficient (Wildman–Crippen LogP) is 1.68. The van der Waals surface area contributed by atoms with Gasteiger partial charge in [-0.25, -0.2) is 0 Å². The van der Waals surface area contributed by atoms with E-state index in [4.69, 9.17) is 0 Å². The molecule has 0 aromatic heterocycles. The fraction of sp³-hybridized carbons (Fsp3) is 0.900. The lowest BCUT2D eigenvalue weighted by molar-refractivity contribution is -0.121. The van der Waals surface area contributed by atoms with Gasteiger partial charge in [-0.15, -0.1) is 0 Å². The molecule has 0 aliphatic carbocycles. The van der Waals surface area contributed by atoms with Crippen molar-refractivity contribution in [3.8, 4) is 0 Å². The van der Waals surface area contributed by atoms with E-state index in [1.807, 2.05) is 20.8 Å². The van der Waals surface area contributed by atoms with Crippen LogP contribution in [0.3, 0.4) is 0 Å². The number of nitrogens with one attached hydrogen (secondary N) is 1. The summed E-state index contributed by atoms with van der Waals surface area (Å²) in [5, 5.41) is 12.0. The molecule has 3 nitrogen and oxygen atoms in total. The maximum absolute atomic E-state index is 11.4. The Balaban J connectivity index is 3.64. The van der Waals surface area contributed by atoms with E-state index in [-0.39, 0.29) is 22.8 Å². The van der Waals surface area contributed by atoms with E-state index in [1.54, 1.807) is 0 Å². The van der Waals surface area contributed by atoms with E-state index in [0.717, 1.165) is 6.42 Å². The second-order valence-corrected chi connectivity index (χ2v) is 4.77. The minimum Gasteiger partial charge on any atom is -0.393 e. The first-order valence-corrected chi connectivity index (χ1v) is 6.00. The van der Waals surface area contributed by atoms with Crippen LogP contribution in [-0.2, 0) is 4.79 Å². The van der Waals surface area contributed by atoms with Crippen LogP contribution in [-0.4, -0.2) is 28.5 Å². The lowest BCUT2D eigenvalue weighted by Crippen LogP contribution is -2.35. The summed E-state index contributed by atoms with van der Waals surface area (Å²) in [6, 6.07) is 0. The van der Waals surface area contributed by atoms with Crippen molar-refractivity contribution in [1.29, 1.82) is 0 Å². The number of amides is 1. The molecule has 2 atom stereocenters. The first-order valence-electron chi connectivity index (χ1n) is 5.08. The summed E-state index contributed by atoms with van der Waals surface area (Å²) in [4.78, 5) is 11.3. The van der Waals surface area contributed by atoms with Crippen molar-refractivity contribution in [3.05, 3.63) is 0 Å². The molecule has 1 amide bonds. The van der Waals surface area contributed by atoms with Crippen molar-refractivity contribution in [2.24, 2.45) is 5.92 Å². The van der Waals surface area contributed by atoms with Gasteiger partial charge in [0.25, 0.3) is 0 Å². The molecule has 4 heteroatoms. The molecule has 2 N–H and O–H groups in total. The highest BCUT2D eigenvalue weighted by Gasteiger charge is 2.17. The second-order valence-electron chi connectivity index (χ2n) is 3.79. The summed E-state index contributed by atoms with van der Waals surface area (Å²) < 4.78 is 0. The van der Waals surface area contributed by atoms with Gasteiger partial charge in [0, 0.05) is 6.54 Å². The molecule has 0 saturated carbocycles. The third-order valence-electron chi connectivity index (χ3n) is 2.08. The van der Waals surface area contributed by atoms with Crippen LogP contribution in [0.1, 0.15) is 33.6 Å². The van der Waals surface area contributed by atoms with Crippen molar-refractivity contribution in [1.82, 2.24) is 5.32 Å². The molecule has 84 valence electrons. The average Bonchev–Trinajstić information content (AvgIpc) is 2.15. The van der Waals surface area contributed by atoms with Crippen LogP contribution in [0.4, 0.5) is 0 Å². The Hall–Kier alpha value is -0.0900. The summed E-state index contributed by atoms with van der Waals surface area (Å²) in [6.45, 7) is 6.44. The quantitative estimate of drug-likeness (QED) is 0.719. The summed E-state index contributed by atoms with van der Waals surface area (Å²) in [7, 11) is 0. The fourth-order valence-electron chi connectivity index (χ4n) is 0.966. The van der Waals surface area contributed by atoms with Crippen LogP contribution in [0.2, 0.25) is 0 Å². The topological polar surface area (TPSA) is 49.3 Å². The Kier molecular flexibility index (Phi) is 7.19. The first kappa shape index (κ1) is 13.9. The smallest absolute Gasteiger partial charge is 0.234 e. The van der Waals surface area contributed by atoms with E-state index in [2.05, 4.69) is 21.2 Å². The van der Waals surface area contributed by atoms with Crippen LogP contribution in [0.5, 0.6) is 0 Å². The van der Waals surface area contributed by atoms with Crippen LogP contribution >= 0.6 is 15.9 Å². The third-order valence-corrected chi connectivity index (χ3v) is 3.56. The maximum atomic E-state index is 11.4. The van der Waals surface area contributed by atoms with E-state index in [9.17, 15) is 9.90 Å². The van der Waals surface area contributed by atoms with E-state index in [0.29, 0.717) is 13.0 Å². The SMILES string of the molecule is CCC(O)CCNC(=O)C(Br)C(C)C. The third kappa shape index (κ3) is 5.60. The summed E-state index contributed by atoms with van der Waals surface area (Å²) >= 11 is 3.32. The van der Waals surface area contributed by atoms with E-state index < -0.39 is 0 Å². The largest absolute Gasteiger partial charge is 0.393 e. The zero-order chi connectivity index (χ0) is 11.1. The number of aliphatic hydroxyl groups is 1. The van der Waals surface area contributed by atoms with E-state index >= 15 is 0 Å². The molecular formula is C10H20BrNO2. The lowest BCUT2D eigenvalue weighted by Gasteiger charge is -2.14. The van der Waals surface area contributed by atoms with Gasteiger partial charge in [0.2, 0.25) is 5.91 Å². The highest BCUT2D eigenvalue weighted by Crippen LogP contribution is 2.11. The van der Waals surface area contributed by atoms with Gasteiger partial charge in [0.15, 0.2) is 0 Å². The molecule has 0 aliphatic rings. The molecule has 0 rings (SSSR count). The zero-order valence-corrected chi connectivity index (χ0v) is 10.7. The number of hydrogen-bond donors (Lipinski definition) is 2. The molecule has 0 heterocycles. The molecule has 14 heavy (non-hydrogen) atoms. The van der Waals surface area contributed by atoms with Gasteiger partial charge in [-0.2, -0.15) is 0 Å². The average molecular weight is 266 g/mol. The monoisotopic (exact) mass is 265 g/mol. The Bertz CT molecular complexity index is 174. The Morgan fingerprint density at radius 1 is 1.50 bits per heavy atom. The maximum Gasteiger partial charge on any atom is 0.234 e. The minimum atomic E-state index is -0.303. The Morgan fingerprint density at radius 3 is 2.50 bits per heavy atom. The molecule has 0 aromatic carbocycles. The molecule has 0 fully saturated rings. The number of aliphatic hydroxyl groups excluding tert-OH is 1. The summed E-state index contributed by atoms with van der Waals surface area (Å²) in [5.74, 6) is 0.286. The van der Waals surface area contributed by atoms with Gasteiger partial charge in [0.05, 0.1) is 10.9 Å². The van der Waals surface area contributed by atoms with Crippen molar-refractivity contribution >= 4 is 21.8 Å². The van der Waals surface area contributed by atoms with Crippen LogP contribution < -0.4 is 5.32 Å². The number of rotatable bonds is 6. The number of halogens is 1. The van der Waals surface area contributed by atoms with E-state index in [1.165, 1.54) is 0 Å². The summed E-state index contributed by atoms with van der Waals surface area (Å²) in [5.41, 5.74) is 0. The molecule has 0 saturated heterocycles. The predicted molar refractivity (Wildman–Crippen MR) is 61.5 cm³/mol. The van der Waals surface area contributed by atoms with Gasteiger partial charge >= 0.3 is 0 Å². The van der Waals surface area contributed by atoms with Crippen molar-refractivity contribution in [2.75, 3.05) is 6.54 Å². The normalized spacial score (nSPS) is 15.3. The van der Waals surface area contributed by atoms with Crippen LogP contribution in [0.15, 0.2) is 0 Å². The lowest BCUT2D eigenvalue weighted by atomic mass is 10.1. The highest BCUT2D eigenvalue weighted by molar-refractivity contribution is 9.10. The fourth-order valence-corrected chi connectivity index (χ4v) is 1.13. The van der Waals surface area contributed by atoms with Crippen molar-refractivity contribution in [3.63, 3.8) is 0 Å². The number of hydrogen-bond acceptors (Lipinski definition) is 2. The minimum absolute atomic E-state index is 0.00306. The van der Waals surface area contributed by atoms with Gasteiger partial charge in [-0.1, -0.05) is 36.7 Å². The van der Waals surface area contributed by atoms with Gasteiger partial charge < -0.3 is 10.4 Å². The molecule has 0 aliphatic heterocycles. The molecule has 0 aromatic rings. The number of alkyl halides is 1. The van der Waals surface area contributed by atoms with Gasteiger partial charge in [0.1, 0.15) is 0 Å². The molecule has 0 spiro atoms. The first-order chi connectivity index (χ1) is 6.49. The van der Waals surface area contributed by atoms with Gasteiger partial charge in [-0.3, -0.25) is 4.79 Å². The van der Waals surface area contributed by atoms with Crippen LogP contribution in [0.25, 0.3) is 0 Å². The zero-order valence-electron chi connectivity index (χ0n) is 9.09. The molecule has 2 unspecified atom stereocenters. The number of carbonyl (C=O) groups is 1. The van der Waals surface area contributed by atoms with Gasteiger partial charge in [-0.05, 0) is 18.8 Å². The standard InChI is InChI=1S/C10H20BrNO2/c1-4-8(13)5-6-12-10(14)9(11)7(2)3/h7-9,13H,4-6H2,1-3H3,(H,12,14). The summed E-state index contributed by atoms with van der Waals surface area (Å²) in [6.07, 6.45) is 1.06. The van der Waals surface area contributed by atoms with Crippen molar-refractivity contribution in [2.45, 2.75) is 44.5 Å². The second kappa shape index (κ2) is 7.23. The molecular weight excluding hydrogens is 246 g/mol. The highest BCUT2D eigenvalue weighted by atomic mass is 79.9. The molecule has 0 radical (unpaired) electrons.